The van der Waals surface area contributed by atoms with Crippen molar-refractivity contribution in [2.75, 3.05) is 11.5 Å². The number of hydrogen-bond donors (Lipinski definition) is 0. The quantitative estimate of drug-likeness (QED) is 0.629. The summed E-state index contributed by atoms with van der Waals surface area (Å²) in [6.07, 6.45) is -0.992. The standard InChI is InChI=1S/C13H11Cl2NO5/c1-3-20-11(18)13(2)10(17)16(12(19)21-13)9-5-7(14)4-8(15)6-9/h4-6H,3H2,1-2H3/t13-/m0/s1. The minimum Gasteiger partial charge on any atom is -0.463 e. The van der Waals surface area contributed by atoms with E-state index in [0.29, 0.717) is 4.90 Å². The molecule has 0 N–H and O–H groups in total. The van der Waals surface area contributed by atoms with Gasteiger partial charge in [-0.15, -0.1) is 0 Å². The summed E-state index contributed by atoms with van der Waals surface area (Å²) >= 11 is 11.7. The van der Waals surface area contributed by atoms with Gasteiger partial charge in [0.25, 0.3) is 11.5 Å². The zero-order chi connectivity index (χ0) is 15.8. The predicted octanol–water partition coefficient (Wildman–Crippen LogP) is 2.80. The number of rotatable bonds is 3. The van der Waals surface area contributed by atoms with Crippen LogP contribution < -0.4 is 4.90 Å². The molecule has 0 radical (unpaired) electrons. The fraction of sp³-hybridized carbons (Fsp3) is 0.308. The second-order valence-electron chi connectivity index (χ2n) is 4.39. The minimum atomic E-state index is -2.01. The largest absolute Gasteiger partial charge is 0.463 e. The van der Waals surface area contributed by atoms with Crippen LogP contribution >= 0.6 is 23.2 Å². The third-order valence-corrected chi connectivity index (χ3v) is 3.29. The summed E-state index contributed by atoms with van der Waals surface area (Å²) in [6.45, 7) is 2.82. The number of nitrogens with zero attached hydrogens (tertiary/aromatic N) is 1. The first-order valence-electron chi connectivity index (χ1n) is 6.00. The molecule has 112 valence electrons. The number of halogens is 2. The molecule has 21 heavy (non-hydrogen) atoms. The van der Waals surface area contributed by atoms with Crippen molar-refractivity contribution >= 4 is 46.9 Å². The number of esters is 1. The van der Waals surface area contributed by atoms with E-state index >= 15 is 0 Å². The van der Waals surface area contributed by atoms with E-state index in [1.54, 1.807) is 6.92 Å². The first kappa shape index (κ1) is 15.6. The number of hydrogen-bond acceptors (Lipinski definition) is 5. The number of anilines is 1. The normalized spacial score (nSPS) is 21.4. The van der Waals surface area contributed by atoms with Gasteiger partial charge in [-0.25, -0.2) is 14.5 Å². The molecule has 1 fully saturated rings. The molecule has 1 aliphatic rings. The summed E-state index contributed by atoms with van der Waals surface area (Å²) < 4.78 is 9.66. The molecule has 0 aliphatic carbocycles. The van der Waals surface area contributed by atoms with E-state index in [-0.39, 0.29) is 22.3 Å². The Kier molecular flexibility index (Phi) is 4.11. The first-order chi connectivity index (χ1) is 9.79. The number of carbonyl (C=O) groups is 3. The lowest BCUT2D eigenvalue weighted by Gasteiger charge is -2.17. The number of amides is 2. The summed E-state index contributed by atoms with van der Waals surface area (Å²) in [5, 5.41) is 0.477. The SMILES string of the molecule is CCOC(=O)[C@@]1(C)OC(=O)N(c2cc(Cl)cc(Cl)c2)C1=O. The monoisotopic (exact) mass is 331 g/mol. The van der Waals surface area contributed by atoms with Gasteiger partial charge in [-0.2, -0.15) is 0 Å². The van der Waals surface area contributed by atoms with Crippen LogP contribution in [0.4, 0.5) is 10.5 Å². The third-order valence-electron chi connectivity index (χ3n) is 2.86. The van der Waals surface area contributed by atoms with Crippen molar-refractivity contribution in [1.82, 2.24) is 0 Å². The van der Waals surface area contributed by atoms with E-state index in [1.165, 1.54) is 25.1 Å². The summed E-state index contributed by atoms with van der Waals surface area (Å²) in [4.78, 5) is 36.8. The zero-order valence-corrected chi connectivity index (χ0v) is 12.7. The summed E-state index contributed by atoms with van der Waals surface area (Å²) in [5.74, 6) is -1.79. The Bertz CT molecular complexity index is 613. The molecule has 1 saturated heterocycles. The average molecular weight is 332 g/mol. The van der Waals surface area contributed by atoms with Crippen LogP contribution in [0.15, 0.2) is 18.2 Å². The van der Waals surface area contributed by atoms with E-state index in [2.05, 4.69) is 0 Å². The van der Waals surface area contributed by atoms with Gasteiger partial charge in [0.1, 0.15) is 0 Å². The highest BCUT2D eigenvalue weighted by Crippen LogP contribution is 2.33. The summed E-state index contributed by atoms with van der Waals surface area (Å²) in [5.41, 5.74) is -1.89. The molecule has 1 atom stereocenters. The smallest absolute Gasteiger partial charge is 0.423 e. The molecule has 1 aromatic carbocycles. The fourth-order valence-electron chi connectivity index (χ4n) is 1.85. The average Bonchev–Trinajstić information content (AvgIpc) is 2.60. The Morgan fingerprint density at radius 1 is 1.29 bits per heavy atom. The molecular formula is C13H11Cl2NO5. The van der Waals surface area contributed by atoms with Crippen molar-refractivity contribution < 1.29 is 23.9 Å². The van der Waals surface area contributed by atoms with Gasteiger partial charge < -0.3 is 9.47 Å². The van der Waals surface area contributed by atoms with Crippen LogP contribution in [0.1, 0.15) is 13.8 Å². The van der Waals surface area contributed by atoms with Gasteiger partial charge in [0.05, 0.1) is 12.3 Å². The molecule has 6 nitrogen and oxygen atoms in total. The zero-order valence-electron chi connectivity index (χ0n) is 11.2. The molecule has 2 amide bonds. The molecule has 2 rings (SSSR count). The van der Waals surface area contributed by atoms with Gasteiger partial charge in [0, 0.05) is 10.0 Å². The van der Waals surface area contributed by atoms with E-state index in [9.17, 15) is 14.4 Å². The number of benzene rings is 1. The maximum absolute atomic E-state index is 12.4. The Morgan fingerprint density at radius 2 is 1.86 bits per heavy atom. The van der Waals surface area contributed by atoms with Crippen LogP contribution in [0, 0.1) is 0 Å². The van der Waals surface area contributed by atoms with Gasteiger partial charge in [-0.1, -0.05) is 23.2 Å². The van der Waals surface area contributed by atoms with Crippen LogP contribution in [0.3, 0.4) is 0 Å². The molecule has 1 aromatic rings. The second kappa shape index (κ2) is 5.54. The molecule has 0 saturated carbocycles. The second-order valence-corrected chi connectivity index (χ2v) is 5.26. The lowest BCUT2D eigenvalue weighted by Crippen LogP contribution is -2.46. The van der Waals surface area contributed by atoms with E-state index in [1.807, 2.05) is 0 Å². The van der Waals surface area contributed by atoms with E-state index < -0.39 is 23.6 Å². The number of carbonyl (C=O) groups excluding carboxylic acids is 3. The van der Waals surface area contributed by atoms with Gasteiger partial charge >= 0.3 is 12.1 Å². The lowest BCUT2D eigenvalue weighted by molar-refractivity contribution is -0.164. The molecule has 0 spiro atoms. The van der Waals surface area contributed by atoms with E-state index in [0.717, 1.165) is 0 Å². The van der Waals surface area contributed by atoms with Crippen molar-refractivity contribution in [3.63, 3.8) is 0 Å². The Labute approximate surface area is 130 Å². The minimum absolute atomic E-state index is 0.0578. The Morgan fingerprint density at radius 3 is 2.38 bits per heavy atom. The van der Waals surface area contributed by atoms with Crippen molar-refractivity contribution in [3.05, 3.63) is 28.2 Å². The highest BCUT2D eigenvalue weighted by Gasteiger charge is 2.57. The van der Waals surface area contributed by atoms with Crippen molar-refractivity contribution in [2.24, 2.45) is 0 Å². The van der Waals surface area contributed by atoms with Crippen LogP contribution in [0.5, 0.6) is 0 Å². The van der Waals surface area contributed by atoms with Crippen LogP contribution in [-0.2, 0) is 19.1 Å². The molecular weight excluding hydrogens is 321 g/mol. The summed E-state index contributed by atoms with van der Waals surface area (Å²) in [7, 11) is 0. The maximum Gasteiger partial charge on any atom is 0.423 e. The molecule has 1 aliphatic heterocycles. The number of imide groups is 1. The third kappa shape index (κ3) is 2.69. The highest BCUT2D eigenvalue weighted by molar-refractivity contribution is 6.36. The molecule has 0 bridgehead atoms. The number of ether oxygens (including phenoxy) is 2. The van der Waals surface area contributed by atoms with Gasteiger partial charge in [-0.3, -0.25) is 4.79 Å². The van der Waals surface area contributed by atoms with Gasteiger partial charge in [-0.05, 0) is 32.0 Å². The number of cyclic esters (lactones) is 1. The van der Waals surface area contributed by atoms with Crippen LogP contribution in [0.2, 0.25) is 10.0 Å². The van der Waals surface area contributed by atoms with Crippen molar-refractivity contribution in [1.29, 1.82) is 0 Å². The molecule has 8 heteroatoms. The first-order valence-corrected chi connectivity index (χ1v) is 6.76. The van der Waals surface area contributed by atoms with Crippen molar-refractivity contribution in [2.45, 2.75) is 19.4 Å². The van der Waals surface area contributed by atoms with Gasteiger partial charge in [0.2, 0.25) is 0 Å². The molecule has 1 heterocycles. The lowest BCUT2D eigenvalue weighted by atomic mass is 10.1. The molecule has 0 aromatic heterocycles. The fourth-order valence-corrected chi connectivity index (χ4v) is 2.36. The Balaban J connectivity index is 2.41. The Hall–Kier alpha value is -1.79. The van der Waals surface area contributed by atoms with Crippen molar-refractivity contribution in [3.8, 4) is 0 Å². The topological polar surface area (TPSA) is 72.9 Å². The van der Waals surface area contributed by atoms with Gasteiger partial charge in [0.15, 0.2) is 0 Å². The van der Waals surface area contributed by atoms with E-state index in [4.69, 9.17) is 32.7 Å². The summed E-state index contributed by atoms with van der Waals surface area (Å²) in [6, 6.07) is 4.18. The maximum atomic E-state index is 12.4. The highest BCUT2D eigenvalue weighted by atomic mass is 35.5. The van der Waals surface area contributed by atoms with Crippen LogP contribution in [0.25, 0.3) is 0 Å². The van der Waals surface area contributed by atoms with Crippen LogP contribution in [-0.4, -0.2) is 30.2 Å². The predicted molar refractivity (Wildman–Crippen MR) is 75.5 cm³/mol. The molecule has 0 unspecified atom stereocenters.